The van der Waals surface area contributed by atoms with Crippen molar-refractivity contribution in [1.82, 2.24) is 13.7 Å². The number of hydrogen-bond donors (Lipinski definition) is 0. The highest BCUT2D eigenvalue weighted by molar-refractivity contribution is 6.16. The molecule has 3 aliphatic heterocycles. The molecule has 6 heterocycles. The largest absolute Gasteiger partial charge is 0.456 e. The average molecular weight is 1820 g/mol. The molecule has 0 N–H and O–H groups in total. The molecular weight excluding hydrogens is 1730 g/mol. The molecule has 0 atom stereocenters. The lowest BCUT2D eigenvalue weighted by atomic mass is 9.82. The van der Waals surface area contributed by atoms with E-state index >= 15 is 0 Å². The van der Waals surface area contributed by atoms with E-state index in [4.69, 9.17) is 14.2 Å². The van der Waals surface area contributed by atoms with Gasteiger partial charge < -0.3 is 42.6 Å². The van der Waals surface area contributed by atoms with Gasteiger partial charge in [0.05, 0.1) is 38.8 Å². The highest BCUT2D eigenvalue weighted by atomic mass is 16.5. The first-order chi connectivity index (χ1) is 70.2. The molecule has 0 saturated carbocycles. The molecule has 9 heteroatoms. The van der Waals surface area contributed by atoms with Gasteiger partial charge in [-0.3, -0.25) is 0 Å². The van der Waals surface area contributed by atoms with Gasteiger partial charge in [-0.15, -0.1) is 0 Å². The summed E-state index contributed by atoms with van der Waals surface area (Å²) in [6.45, 7) is 4.70. The van der Waals surface area contributed by atoms with Crippen LogP contribution in [0.25, 0.3) is 170 Å². The Bertz CT molecular complexity index is 9640. The molecule has 23 aromatic carbocycles. The molecule has 0 radical (unpaired) electrons. The van der Waals surface area contributed by atoms with Crippen molar-refractivity contribution >= 4 is 160 Å². The van der Waals surface area contributed by atoms with Gasteiger partial charge in [0.25, 0.3) is 0 Å². The van der Waals surface area contributed by atoms with Crippen LogP contribution in [0.15, 0.2) is 497 Å². The van der Waals surface area contributed by atoms with Gasteiger partial charge in [0, 0.05) is 157 Å². The SMILES string of the molecule is CC1(C)c2ccccc2-c2ccc(N(c3ccc4c(c3)Oc3cccc5cccc-4c35)c3ccc4c(c3)c3ccccc3n4-c3ccccc3)cc21.c1ccc(-n2c3ccccc3c3cc(N(c4ccc5c(c4)Oc4cccc6cccc-5c46)c4cccc5ccccc45)ccc32)cc1.c1ccc(N(c2ccc3c(c2)Oc2cccc4cccc-3c24)c2ccc3c(c2)c2ccccc2n3-c2ccccc2)cc1. The highest BCUT2D eigenvalue weighted by Crippen LogP contribution is 2.57. The van der Waals surface area contributed by atoms with Gasteiger partial charge in [-0.2, -0.15) is 0 Å². The van der Waals surface area contributed by atoms with Crippen LogP contribution in [0.4, 0.5) is 51.2 Å². The maximum absolute atomic E-state index is 6.71. The summed E-state index contributed by atoms with van der Waals surface area (Å²) in [4.78, 5) is 7.10. The predicted molar refractivity (Wildman–Crippen MR) is 591 cm³/mol. The Kier molecular flexibility index (Phi) is 18.8. The summed E-state index contributed by atoms with van der Waals surface area (Å²) < 4.78 is 27.0. The molecule has 4 aliphatic rings. The standard InChI is InChI=1S/C49H34N2O.C44H28N2O.C40H26N2O/c1-49(2)42-19-8-6-16-36(42)37-25-22-34(29-43(37)49)50(35-23-26-39-40-18-10-12-31-13-11-21-46(48(31)40)52-47(39)30-35)33-24-27-45-41(28-33)38-17-7-9-20-44(38)51(45)32-14-4-3-5-15-32;1-2-15-31(16-3-1)46-40-20-7-6-18-35(40)38-27-32(24-26-41(38)46)45(39-21-9-12-29-11-4-5-17-34(29)39)33-23-25-36-37-19-8-13-30-14-10-22-42(44(30)37)47-43(36)28-33;1-3-13-28(14-4-1)41(31-21-23-33-34-18-9-11-27-12-10-20-38(40(27)34)43-39(33)26-31)30-22-24-37-35(25-30)32-17-7-8-19-36(32)42(37)29-15-5-2-6-16-29/h3-30H,1-2H3;1-28H;1-26H. The van der Waals surface area contributed by atoms with Crippen molar-refractivity contribution in [3.05, 3.63) is 509 Å². The second-order valence-electron chi connectivity index (χ2n) is 37.7. The van der Waals surface area contributed by atoms with Crippen molar-refractivity contribution in [2.75, 3.05) is 14.7 Å². The molecule has 0 bridgehead atoms. The minimum atomic E-state index is -0.123. The van der Waals surface area contributed by atoms with E-state index in [1.807, 2.05) is 0 Å². The summed E-state index contributed by atoms with van der Waals surface area (Å²) in [6, 6.07) is 178. The van der Waals surface area contributed by atoms with Crippen LogP contribution in [0.1, 0.15) is 25.0 Å². The topological polar surface area (TPSA) is 52.2 Å². The van der Waals surface area contributed by atoms with E-state index in [1.54, 1.807) is 0 Å². The molecule has 668 valence electrons. The monoisotopic (exact) mass is 1820 g/mol. The number of fused-ring (bicyclic) bond motifs is 19. The Labute approximate surface area is 820 Å². The maximum atomic E-state index is 6.71. The summed E-state index contributed by atoms with van der Waals surface area (Å²) in [6.07, 6.45) is 0. The first-order valence-electron chi connectivity index (χ1n) is 48.7. The van der Waals surface area contributed by atoms with Gasteiger partial charge in [0.1, 0.15) is 34.5 Å². The fourth-order valence-corrected chi connectivity index (χ4v) is 23.1. The predicted octanol–water partition coefficient (Wildman–Crippen LogP) is 37.0. The minimum absolute atomic E-state index is 0.123. The van der Waals surface area contributed by atoms with Gasteiger partial charge in [0.2, 0.25) is 0 Å². The number of hydrogen-bond acceptors (Lipinski definition) is 6. The van der Waals surface area contributed by atoms with Crippen molar-refractivity contribution in [2.45, 2.75) is 19.3 Å². The van der Waals surface area contributed by atoms with E-state index in [-0.39, 0.29) is 5.41 Å². The fraction of sp³-hybridized carbons (Fsp3) is 0.0226. The van der Waals surface area contributed by atoms with Crippen LogP contribution in [0.2, 0.25) is 0 Å². The molecule has 0 fully saturated rings. The molecule has 3 aromatic heterocycles. The normalized spacial score (nSPS) is 12.5. The summed E-state index contributed by atoms with van der Waals surface area (Å²) in [5.74, 6) is 5.29. The Hall–Kier alpha value is -18.7. The molecule has 30 rings (SSSR count). The summed E-state index contributed by atoms with van der Waals surface area (Å²) in [5.41, 5.74) is 32.5. The number of rotatable bonds is 12. The fourth-order valence-electron chi connectivity index (χ4n) is 23.1. The lowest BCUT2D eigenvalue weighted by molar-refractivity contribution is 0.487. The van der Waals surface area contributed by atoms with Crippen molar-refractivity contribution in [1.29, 1.82) is 0 Å². The quantitative estimate of drug-likeness (QED) is 0.121. The highest BCUT2D eigenvalue weighted by Gasteiger charge is 2.37. The van der Waals surface area contributed by atoms with Crippen molar-refractivity contribution in [3.63, 3.8) is 0 Å². The molecule has 0 saturated heterocycles. The zero-order valence-electron chi connectivity index (χ0n) is 77.8. The van der Waals surface area contributed by atoms with Crippen molar-refractivity contribution in [2.24, 2.45) is 0 Å². The maximum Gasteiger partial charge on any atom is 0.137 e. The summed E-state index contributed by atoms with van der Waals surface area (Å²) in [5, 5.41) is 16.8. The molecule has 1 aliphatic carbocycles. The number of anilines is 9. The van der Waals surface area contributed by atoms with Gasteiger partial charge in [-0.25, -0.2) is 0 Å². The molecule has 9 nitrogen and oxygen atoms in total. The van der Waals surface area contributed by atoms with E-state index in [9.17, 15) is 0 Å². The number of aromatic nitrogens is 3. The lowest BCUT2D eigenvalue weighted by Crippen LogP contribution is -2.16. The lowest BCUT2D eigenvalue weighted by Gasteiger charge is -2.29. The third-order valence-electron chi connectivity index (χ3n) is 29.4. The first kappa shape index (κ1) is 81.6. The molecule has 26 aromatic rings. The van der Waals surface area contributed by atoms with E-state index in [0.29, 0.717) is 0 Å². The molecule has 142 heavy (non-hydrogen) atoms. The molecule has 0 amide bonds. The van der Waals surface area contributed by atoms with Gasteiger partial charge in [-0.05, 0) is 255 Å². The van der Waals surface area contributed by atoms with E-state index in [2.05, 4.69) is 540 Å². The number of ether oxygens (including phenoxy) is 3. The average Bonchev–Trinajstić information content (AvgIpc) is 1.58. The van der Waals surface area contributed by atoms with Gasteiger partial charge >= 0.3 is 0 Å². The third kappa shape index (κ3) is 13.2. The van der Waals surface area contributed by atoms with Gasteiger partial charge in [0.15, 0.2) is 0 Å². The Balaban J connectivity index is 0.000000105. The summed E-state index contributed by atoms with van der Waals surface area (Å²) >= 11 is 0. The zero-order chi connectivity index (χ0) is 93.8. The van der Waals surface area contributed by atoms with Crippen LogP contribution < -0.4 is 28.9 Å². The number of nitrogens with zero attached hydrogens (tertiary/aromatic N) is 6. The smallest absolute Gasteiger partial charge is 0.137 e. The molecule has 0 unspecified atom stereocenters. The van der Waals surface area contributed by atoms with Crippen LogP contribution in [-0.4, -0.2) is 13.7 Å². The third-order valence-corrected chi connectivity index (χ3v) is 29.4. The second-order valence-corrected chi connectivity index (χ2v) is 37.7. The number of para-hydroxylation sites is 7. The van der Waals surface area contributed by atoms with Crippen LogP contribution in [0.3, 0.4) is 0 Å². The summed E-state index contributed by atoms with van der Waals surface area (Å²) in [7, 11) is 0. The zero-order valence-corrected chi connectivity index (χ0v) is 77.8. The number of benzene rings is 23. The molecular formula is C133H88N6O3. The minimum Gasteiger partial charge on any atom is -0.456 e. The van der Waals surface area contributed by atoms with Crippen molar-refractivity contribution < 1.29 is 14.2 Å². The van der Waals surface area contributed by atoms with Crippen LogP contribution in [-0.2, 0) is 5.41 Å². The van der Waals surface area contributed by atoms with E-state index in [1.165, 1.54) is 147 Å². The Morgan fingerprint density at radius 3 is 0.901 bits per heavy atom. The van der Waals surface area contributed by atoms with Crippen molar-refractivity contribution in [3.8, 4) is 96.1 Å². The van der Waals surface area contributed by atoms with E-state index < -0.39 is 0 Å². The van der Waals surface area contributed by atoms with Gasteiger partial charge in [-0.1, -0.05) is 299 Å². The second kappa shape index (κ2) is 32.8. The van der Waals surface area contributed by atoms with Crippen LogP contribution in [0, 0.1) is 0 Å². The first-order valence-corrected chi connectivity index (χ1v) is 48.7. The molecule has 0 spiro atoms. The van der Waals surface area contributed by atoms with E-state index in [0.717, 1.165) is 119 Å². The Morgan fingerprint density at radius 1 is 0.176 bits per heavy atom. The Morgan fingerprint density at radius 2 is 0.465 bits per heavy atom. The van der Waals surface area contributed by atoms with Crippen LogP contribution in [0.5, 0.6) is 34.5 Å². The van der Waals surface area contributed by atoms with Crippen LogP contribution >= 0.6 is 0 Å².